The molecule has 206 valence electrons. The van der Waals surface area contributed by atoms with E-state index in [9.17, 15) is 21.6 Å². The van der Waals surface area contributed by atoms with Crippen LogP contribution in [0.1, 0.15) is 18.1 Å². The fourth-order valence-electron chi connectivity index (χ4n) is 4.83. The van der Waals surface area contributed by atoms with Gasteiger partial charge in [-0.15, -0.1) is 13.2 Å². The number of sulfone groups is 1. The summed E-state index contributed by atoms with van der Waals surface area (Å²) in [7, 11) is -4.07. The normalized spacial score (nSPS) is 14.3. The maximum absolute atomic E-state index is 13.9. The number of fused-ring (bicyclic) bond motifs is 1. The number of rotatable bonds is 6. The van der Waals surface area contributed by atoms with Crippen LogP contribution in [0.5, 0.6) is 5.75 Å². The molecule has 1 saturated heterocycles. The number of nitrogens with zero attached hydrogens (tertiary/aromatic N) is 4. The van der Waals surface area contributed by atoms with E-state index in [-0.39, 0.29) is 20.9 Å². The molecule has 1 aliphatic heterocycles. The van der Waals surface area contributed by atoms with Gasteiger partial charge in [0.1, 0.15) is 10.6 Å². The molecule has 4 aromatic rings. The smallest absolute Gasteiger partial charge is 0.406 e. The molecule has 2 heterocycles. The van der Waals surface area contributed by atoms with Gasteiger partial charge in [0.2, 0.25) is 9.84 Å². The first-order chi connectivity index (χ1) is 19.1. The zero-order chi connectivity index (χ0) is 28.5. The number of alkyl halides is 3. The van der Waals surface area contributed by atoms with E-state index in [1.54, 1.807) is 24.3 Å². The van der Waals surface area contributed by atoms with E-state index in [2.05, 4.69) is 20.7 Å². The SMILES string of the molecule is CCc1ccc(S(=O)(=O)c2cnc3ccc(OC(F)(F)F)cc3c2N2CCN(c3ccc(C#N)cc3)CC2)cc1. The van der Waals surface area contributed by atoms with Gasteiger partial charge in [0.15, 0.2) is 0 Å². The van der Waals surface area contributed by atoms with Crippen LogP contribution < -0.4 is 14.5 Å². The van der Waals surface area contributed by atoms with Gasteiger partial charge in [0.25, 0.3) is 0 Å². The van der Waals surface area contributed by atoms with Crippen LogP contribution in [0, 0.1) is 11.3 Å². The third-order valence-electron chi connectivity index (χ3n) is 6.90. The summed E-state index contributed by atoms with van der Waals surface area (Å²) < 4.78 is 71.0. The molecular weight excluding hydrogens is 541 g/mol. The van der Waals surface area contributed by atoms with Crippen molar-refractivity contribution in [3.63, 3.8) is 0 Å². The Bertz CT molecular complexity index is 1680. The van der Waals surface area contributed by atoms with Crippen molar-refractivity contribution in [3.8, 4) is 11.8 Å². The molecule has 0 unspecified atom stereocenters. The van der Waals surface area contributed by atoms with E-state index >= 15 is 0 Å². The molecule has 0 atom stereocenters. The Labute approximate surface area is 230 Å². The van der Waals surface area contributed by atoms with Crippen LogP contribution in [0.3, 0.4) is 0 Å². The highest BCUT2D eigenvalue weighted by Crippen LogP contribution is 2.39. The second-order valence-corrected chi connectivity index (χ2v) is 11.2. The predicted octanol–water partition coefficient (Wildman–Crippen LogP) is 5.73. The van der Waals surface area contributed by atoms with Crippen molar-refractivity contribution in [1.82, 2.24) is 4.98 Å². The van der Waals surface area contributed by atoms with Gasteiger partial charge in [-0.25, -0.2) is 8.42 Å². The van der Waals surface area contributed by atoms with Crippen molar-refractivity contribution in [2.75, 3.05) is 36.0 Å². The second kappa shape index (κ2) is 10.7. The molecule has 0 amide bonds. The first-order valence-corrected chi connectivity index (χ1v) is 14.1. The summed E-state index contributed by atoms with van der Waals surface area (Å²) in [6, 6.07) is 19.6. The molecule has 0 N–H and O–H groups in total. The van der Waals surface area contributed by atoms with Crippen molar-refractivity contribution in [2.24, 2.45) is 0 Å². The van der Waals surface area contributed by atoms with Crippen molar-refractivity contribution >= 4 is 32.1 Å². The van der Waals surface area contributed by atoms with E-state index in [0.717, 1.165) is 23.7 Å². The Hall–Kier alpha value is -4.30. The number of halogens is 3. The molecule has 7 nitrogen and oxygen atoms in total. The van der Waals surface area contributed by atoms with Crippen LogP contribution in [0.2, 0.25) is 0 Å². The Morgan fingerprint density at radius 1 is 0.950 bits per heavy atom. The highest BCUT2D eigenvalue weighted by atomic mass is 32.2. The first-order valence-electron chi connectivity index (χ1n) is 12.6. The zero-order valence-electron chi connectivity index (χ0n) is 21.5. The average Bonchev–Trinajstić information content (AvgIpc) is 2.96. The number of piperazine rings is 1. The fraction of sp³-hybridized carbons (Fsp3) is 0.241. The Morgan fingerprint density at radius 3 is 2.20 bits per heavy atom. The van der Waals surface area contributed by atoms with Gasteiger partial charge in [0.05, 0.1) is 27.7 Å². The summed E-state index contributed by atoms with van der Waals surface area (Å²) in [6.45, 7) is 3.83. The molecule has 0 radical (unpaired) electrons. The summed E-state index contributed by atoms with van der Waals surface area (Å²) in [4.78, 5) is 8.27. The summed E-state index contributed by atoms with van der Waals surface area (Å²) in [5, 5.41) is 9.32. The highest BCUT2D eigenvalue weighted by Gasteiger charge is 2.33. The number of aryl methyl sites for hydroxylation is 1. The average molecular weight is 567 g/mol. The first kappa shape index (κ1) is 27.3. The molecular formula is C29H25F3N4O3S. The second-order valence-electron chi connectivity index (χ2n) is 9.33. The summed E-state index contributed by atoms with van der Waals surface area (Å²) in [5.41, 5.74) is 3.08. The molecule has 3 aromatic carbocycles. The van der Waals surface area contributed by atoms with Crippen LogP contribution in [0.25, 0.3) is 10.9 Å². The number of ether oxygens (including phenoxy) is 1. The predicted molar refractivity (Wildman–Crippen MR) is 145 cm³/mol. The largest absolute Gasteiger partial charge is 0.573 e. The van der Waals surface area contributed by atoms with E-state index in [1.165, 1.54) is 30.5 Å². The molecule has 0 saturated carbocycles. The van der Waals surface area contributed by atoms with E-state index in [0.29, 0.717) is 37.3 Å². The number of benzene rings is 3. The number of aromatic nitrogens is 1. The highest BCUT2D eigenvalue weighted by molar-refractivity contribution is 7.91. The number of pyridine rings is 1. The molecule has 1 fully saturated rings. The minimum Gasteiger partial charge on any atom is -0.406 e. The van der Waals surface area contributed by atoms with E-state index in [1.807, 2.05) is 24.0 Å². The van der Waals surface area contributed by atoms with Crippen LogP contribution in [-0.4, -0.2) is 45.9 Å². The third-order valence-corrected chi connectivity index (χ3v) is 8.67. The molecule has 5 rings (SSSR count). The van der Waals surface area contributed by atoms with Crippen molar-refractivity contribution < 1.29 is 26.3 Å². The lowest BCUT2D eigenvalue weighted by Gasteiger charge is -2.38. The Balaban J connectivity index is 1.58. The standard InChI is InChI=1S/C29H25F3N4O3S/c1-2-20-5-10-24(11-6-20)40(37,38)27-19-34-26-12-9-23(39-29(30,31)32)17-25(26)28(27)36-15-13-35(14-16-36)22-7-3-21(18-33)4-8-22/h3-12,17,19H,2,13-16H2,1H3. The number of nitriles is 1. The lowest BCUT2D eigenvalue weighted by Crippen LogP contribution is -2.47. The van der Waals surface area contributed by atoms with Crippen molar-refractivity contribution in [1.29, 1.82) is 5.26 Å². The zero-order valence-corrected chi connectivity index (χ0v) is 22.3. The minimum absolute atomic E-state index is 0.0750. The quantitative estimate of drug-likeness (QED) is 0.295. The molecule has 0 spiro atoms. The third kappa shape index (κ3) is 5.53. The number of hydrogen-bond donors (Lipinski definition) is 0. The van der Waals surface area contributed by atoms with Gasteiger partial charge in [-0.05, 0) is 66.6 Å². The topological polar surface area (TPSA) is 86.5 Å². The lowest BCUT2D eigenvalue weighted by atomic mass is 10.1. The molecule has 0 aliphatic carbocycles. The van der Waals surface area contributed by atoms with Crippen molar-refractivity contribution in [2.45, 2.75) is 29.5 Å². The van der Waals surface area contributed by atoms with Crippen molar-refractivity contribution in [3.05, 3.63) is 84.1 Å². The van der Waals surface area contributed by atoms with Gasteiger partial charge < -0.3 is 14.5 Å². The van der Waals surface area contributed by atoms with E-state index in [4.69, 9.17) is 5.26 Å². The number of hydrogen-bond acceptors (Lipinski definition) is 7. The summed E-state index contributed by atoms with van der Waals surface area (Å²) in [5.74, 6) is -0.457. The monoisotopic (exact) mass is 566 g/mol. The van der Waals surface area contributed by atoms with Crippen LogP contribution >= 0.6 is 0 Å². The Morgan fingerprint density at radius 2 is 1.60 bits per heavy atom. The van der Waals surface area contributed by atoms with Gasteiger partial charge in [-0.2, -0.15) is 5.26 Å². The van der Waals surface area contributed by atoms with Gasteiger partial charge in [0, 0.05) is 43.4 Å². The molecule has 11 heteroatoms. The summed E-state index contributed by atoms with van der Waals surface area (Å²) >= 11 is 0. The lowest BCUT2D eigenvalue weighted by molar-refractivity contribution is -0.274. The maximum Gasteiger partial charge on any atom is 0.573 e. The van der Waals surface area contributed by atoms with Crippen LogP contribution in [0.15, 0.2) is 82.7 Å². The minimum atomic E-state index is -4.90. The molecule has 1 aliphatic rings. The van der Waals surface area contributed by atoms with E-state index < -0.39 is 21.9 Å². The van der Waals surface area contributed by atoms with Crippen LogP contribution in [0.4, 0.5) is 24.5 Å². The Kier molecular flexibility index (Phi) is 7.29. The number of anilines is 2. The van der Waals surface area contributed by atoms with Crippen LogP contribution in [-0.2, 0) is 16.3 Å². The van der Waals surface area contributed by atoms with Gasteiger partial charge in [-0.3, -0.25) is 4.98 Å². The van der Waals surface area contributed by atoms with Gasteiger partial charge >= 0.3 is 6.36 Å². The molecule has 40 heavy (non-hydrogen) atoms. The van der Waals surface area contributed by atoms with Gasteiger partial charge in [-0.1, -0.05) is 19.1 Å². The fourth-order valence-corrected chi connectivity index (χ4v) is 6.26. The maximum atomic E-state index is 13.9. The molecule has 1 aromatic heterocycles. The molecule has 0 bridgehead atoms. The summed E-state index contributed by atoms with van der Waals surface area (Å²) in [6.07, 6.45) is -2.88.